The molecule has 2 heteroatoms. The molecule has 2 nitrogen and oxygen atoms in total. The van der Waals surface area contributed by atoms with Crippen molar-refractivity contribution in [2.75, 3.05) is 0 Å². The predicted molar refractivity (Wildman–Crippen MR) is 57.6 cm³/mol. The molecule has 1 heterocycles. The molecular formula is C12H17NO. The van der Waals surface area contributed by atoms with E-state index in [0.717, 1.165) is 6.42 Å². The Labute approximate surface area is 85.4 Å². The van der Waals surface area contributed by atoms with E-state index in [-0.39, 0.29) is 5.78 Å². The van der Waals surface area contributed by atoms with Gasteiger partial charge in [0.2, 0.25) is 0 Å². The summed E-state index contributed by atoms with van der Waals surface area (Å²) in [5, 5.41) is 0. The fourth-order valence-electron chi connectivity index (χ4n) is 1.27. The van der Waals surface area contributed by atoms with E-state index in [4.69, 9.17) is 0 Å². The van der Waals surface area contributed by atoms with Crippen LogP contribution in [0.15, 0.2) is 18.3 Å². The molecule has 0 fully saturated rings. The van der Waals surface area contributed by atoms with Crippen LogP contribution in [0.25, 0.3) is 0 Å². The van der Waals surface area contributed by atoms with Gasteiger partial charge in [-0.05, 0) is 24.0 Å². The number of Topliss-reactive ketones (excluding diaryl/α,β-unsaturated/α-hetero) is 1. The largest absolute Gasteiger partial charge is 0.292 e. The molecule has 0 N–H and O–H groups in total. The fraction of sp³-hybridized carbons (Fsp3) is 0.500. The van der Waals surface area contributed by atoms with Gasteiger partial charge in [-0.25, -0.2) is 0 Å². The third-order valence-electron chi connectivity index (χ3n) is 2.22. The van der Waals surface area contributed by atoms with Gasteiger partial charge in [-0.15, -0.1) is 0 Å². The fourth-order valence-corrected chi connectivity index (χ4v) is 1.27. The van der Waals surface area contributed by atoms with Crippen molar-refractivity contribution in [3.8, 4) is 0 Å². The molecule has 0 unspecified atom stereocenters. The zero-order valence-electron chi connectivity index (χ0n) is 9.08. The van der Waals surface area contributed by atoms with Crippen molar-refractivity contribution in [1.29, 1.82) is 0 Å². The average Bonchev–Trinajstić information content (AvgIpc) is 2.18. The van der Waals surface area contributed by atoms with Gasteiger partial charge in [0, 0.05) is 12.6 Å². The zero-order valence-corrected chi connectivity index (χ0v) is 9.08. The highest BCUT2D eigenvalue weighted by Gasteiger charge is 2.06. The molecule has 0 atom stereocenters. The van der Waals surface area contributed by atoms with E-state index in [9.17, 15) is 4.79 Å². The van der Waals surface area contributed by atoms with Gasteiger partial charge in [-0.3, -0.25) is 9.78 Å². The number of hydrogen-bond acceptors (Lipinski definition) is 2. The smallest absolute Gasteiger partial charge is 0.181 e. The molecule has 0 aliphatic heterocycles. The van der Waals surface area contributed by atoms with Crippen LogP contribution in [0.5, 0.6) is 0 Å². The highest BCUT2D eigenvalue weighted by Crippen LogP contribution is 2.13. The summed E-state index contributed by atoms with van der Waals surface area (Å²) in [7, 11) is 0. The number of pyridine rings is 1. The maximum absolute atomic E-state index is 11.5. The number of hydrogen-bond donors (Lipinski definition) is 0. The van der Waals surface area contributed by atoms with E-state index in [2.05, 4.69) is 18.8 Å². The number of carbonyl (C=O) groups is 1. The van der Waals surface area contributed by atoms with Crippen LogP contribution >= 0.6 is 0 Å². The maximum Gasteiger partial charge on any atom is 0.181 e. The maximum atomic E-state index is 11.5. The van der Waals surface area contributed by atoms with E-state index in [1.54, 1.807) is 6.20 Å². The number of ketones is 1. The molecule has 1 rings (SSSR count). The van der Waals surface area contributed by atoms with Gasteiger partial charge in [-0.2, -0.15) is 0 Å². The highest BCUT2D eigenvalue weighted by molar-refractivity contribution is 5.94. The summed E-state index contributed by atoms with van der Waals surface area (Å²) < 4.78 is 0. The summed E-state index contributed by atoms with van der Waals surface area (Å²) >= 11 is 0. The Hall–Kier alpha value is -1.18. The second kappa shape index (κ2) is 4.89. The lowest BCUT2D eigenvalue weighted by molar-refractivity contribution is 0.0977. The number of nitrogens with zero attached hydrogens (tertiary/aromatic N) is 1. The van der Waals surface area contributed by atoms with E-state index in [1.165, 1.54) is 5.56 Å². The number of aromatic nitrogens is 1. The van der Waals surface area contributed by atoms with Gasteiger partial charge < -0.3 is 0 Å². The Morgan fingerprint density at radius 1 is 1.43 bits per heavy atom. The Kier molecular flexibility index (Phi) is 3.81. The summed E-state index contributed by atoms with van der Waals surface area (Å²) in [6, 6.07) is 3.81. The van der Waals surface area contributed by atoms with Gasteiger partial charge in [-0.1, -0.05) is 26.8 Å². The van der Waals surface area contributed by atoms with Crippen LogP contribution < -0.4 is 0 Å². The molecular weight excluding hydrogens is 174 g/mol. The van der Waals surface area contributed by atoms with Crippen LogP contribution in [0.2, 0.25) is 0 Å². The van der Waals surface area contributed by atoms with Crippen LogP contribution in [0.3, 0.4) is 0 Å². The summed E-state index contributed by atoms with van der Waals surface area (Å²) in [6.45, 7) is 6.23. The van der Waals surface area contributed by atoms with E-state index >= 15 is 0 Å². The first-order valence-electron chi connectivity index (χ1n) is 5.14. The van der Waals surface area contributed by atoms with Crippen LogP contribution in [0.4, 0.5) is 0 Å². The molecule has 0 bridgehead atoms. The SMILES string of the molecule is CCCC(=O)c1ccc(C(C)C)cn1. The molecule has 76 valence electrons. The minimum absolute atomic E-state index is 0.141. The first kappa shape index (κ1) is 10.9. The Balaban J connectivity index is 2.78. The first-order valence-corrected chi connectivity index (χ1v) is 5.14. The Morgan fingerprint density at radius 2 is 2.14 bits per heavy atom. The van der Waals surface area contributed by atoms with Crippen molar-refractivity contribution < 1.29 is 4.79 Å². The minimum Gasteiger partial charge on any atom is -0.292 e. The standard InChI is InChI=1S/C12H17NO/c1-4-5-12(14)11-7-6-10(8-13-11)9(2)3/h6-9H,4-5H2,1-3H3. The lowest BCUT2D eigenvalue weighted by Gasteiger charge is -2.04. The lowest BCUT2D eigenvalue weighted by atomic mass is 10.0. The third-order valence-corrected chi connectivity index (χ3v) is 2.22. The summed E-state index contributed by atoms with van der Waals surface area (Å²) in [4.78, 5) is 15.6. The monoisotopic (exact) mass is 191 g/mol. The third kappa shape index (κ3) is 2.66. The van der Waals surface area contributed by atoms with Crippen LogP contribution in [-0.2, 0) is 0 Å². The normalized spacial score (nSPS) is 10.6. The molecule has 0 amide bonds. The molecule has 0 aromatic carbocycles. The van der Waals surface area contributed by atoms with Gasteiger partial charge in [0.1, 0.15) is 5.69 Å². The lowest BCUT2D eigenvalue weighted by Crippen LogP contribution is -2.02. The molecule has 0 saturated carbocycles. The van der Waals surface area contributed by atoms with E-state index < -0.39 is 0 Å². The van der Waals surface area contributed by atoms with E-state index in [1.807, 2.05) is 19.1 Å². The van der Waals surface area contributed by atoms with Gasteiger partial charge in [0.25, 0.3) is 0 Å². The van der Waals surface area contributed by atoms with Gasteiger partial charge in [0.05, 0.1) is 0 Å². The second-order valence-electron chi connectivity index (χ2n) is 3.80. The van der Waals surface area contributed by atoms with Crippen molar-refractivity contribution in [3.05, 3.63) is 29.6 Å². The van der Waals surface area contributed by atoms with Crippen LogP contribution in [0.1, 0.15) is 55.6 Å². The quantitative estimate of drug-likeness (QED) is 0.684. The summed E-state index contributed by atoms with van der Waals surface area (Å²) in [5.74, 6) is 0.612. The molecule has 14 heavy (non-hydrogen) atoms. The predicted octanol–water partition coefficient (Wildman–Crippen LogP) is 3.19. The molecule has 0 saturated heterocycles. The number of carbonyl (C=O) groups excluding carboxylic acids is 1. The highest BCUT2D eigenvalue weighted by atomic mass is 16.1. The molecule has 0 radical (unpaired) electrons. The first-order chi connectivity index (χ1) is 6.65. The van der Waals surface area contributed by atoms with Gasteiger partial charge in [0.15, 0.2) is 5.78 Å². The summed E-state index contributed by atoms with van der Waals surface area (Å²) in [6.07, 6.45) is 3.27. The molecule has 0 aliphatic rings. The van der Waals surface area contributed by atoms with Crippen molar-refractivity contribution in [2.24, 2.45) is 0 Å². The van der Waals surface area contributed by atoms with Crippen molar-refractivity contribution in [1.82, 2.24) is 4.98 Å². The molecule has 0 aliphatic carbocycles. The Bertz CT molecular complexity index is 301. The van der Waals surface area contributed by atoms with Crippen LogP contribution in [0, 0.1) is 0 Å². The van der Waals surface area contributed by atoms with Crippen LogP contribution in [-0.4, -0.2) is 10.8 Å². The minimum atomic E-state index is 0.141. The molecule has 1 aromatic rings. The van der Waals surface area contributed by atoms with E-state index in [0.29, 0.717) is 18.0 Å². The molecule has 0 spiro atoms. The Morgan fingerprint density at radius 3 is 2.57 bits per heavy atom. The molecule has 1 aromatic heterocycles. The topological polar surface area (TPSA) is 30.0 Å². The second-order valence-corrected chi connectivity index (χ2v) is 3.80. The zero-order chi connectivity index (χ0) is 10.6. The van der Waals surface area contributed by atoms with Crippen molar-refractivity contribution in [3.63, 3.8) is 0 Å². The van der Waals surface area contributed by atoms with Gasteiger partial charge >= 0.3 is 0 Å². The summed E-state index contributed by atoms with van der Waals surface area (Å²) in [5.41, 5.74) is 1.77. The number of rotatable bonds is 4. The average molecular weight is 191 g/mol. The van der Waals surface area contributed by atoms with Crippen molar-refractivity contribution >= 4 is 5.78 Å². The van der Waals surface area contributed by atoms with Crippen molar-refractivity contribution in [2.45, 2.75) is 39.5 Å².